The topological polar surface area (TPSA) is 55.4 Å². The van der Waals surface area contributed by atoms with E-state index in [1.807, 2.05) is 13.1 Å². The first-order valence-corrected chi connectivity index (χ1v) is 24.5. The third-order valence-corrected chi connectivity index (χ3v) is 22.3. The highest BCUT2D eigenvalue weighted by Crippen LogP contribution is 2.24. The van der Waals surface area contributed by atoms with E-state index >= 15 is 0 Å². The van der Waals surface area contributed by atoms with Gasteiger partial charge in [0, 0.05) is 7.11 Å². The van der Waals surface area contributed by atoms with E-state index in [4.69, 9.17) is 25.0 Å². The van der Waals surface area contributed by atoms with Crippen LogP contribution in [-0.2, 0) is 25.0 Å². The average molecular weight is 447 g/mol. The molecule has 0 fully saturated rings. The summed E-state index contributed by atoms with van der Waals surface area (Å²) in [6.45, 7) is 23.1. The van der Waals surface area contributed by atoms with E-state index < -0.39 is 52.6 Å². The minimum Gasteiger partial charge on any atom is -0.437 e. The van der Waals surface area contributed by atoms with Gasteiger partial charge in [0.15, 0.2) is 8.32 Å². The maximum Gasteiger partial charge on any atom is 0.314 e. The lowest BCUT2D eigenvalue weighted by Gasteiger charge is -2.40. The molecule has 0 saturated carbocycles. The van der Waals surface area contributed by atoms with Crippen molar-refractivity contribution in [3.05, 3.63) is 0 Å². The monoisotopic (exact) mass is 446 g/mol. The molecule has 0 N–H and O–H groups in total. The Labute approximate surface area is 156 Å². The average Bonchev–Trinajstić information content (AvgIpc) is 2.19. The number of rotatable bonds is 11. The second kappa shape index (κ2) is 9.32. The van der Waals surface area contributed by atoms with Crippen molar-refractivity contribution in [1.82, 2.24) is 0 Å². The summed E-state index contributed by atoms with van der Waals surface area (Å²) in [5.41, 5.74) is 0. The minimum atomic E-state index is -2.35. The van der Waals surface area contributed by atoms with Crippen molar-refractivity contribution in [3.8, 4) is 0 Å². The van der Waals surface area contributed by atoms with E-state index in [9.17, 15) is 0 Å². The van der Waals surface area contributed by atoms with Gasteiger partial charge >= 0.3 is 35.0 Å². The van der Waals surface area contributed by atoms with Crippen LogP contribution in [0.5, 0.6) is 0 Å². The zero-order chi connectivity index (χ0) is 19.4. The molecule has 2 atom stereocenters. The van der Waals surface area contributed by atoms with Crippen LogP contribution in [0.3, 0.4) is 0 Å². The number of hydrogen-bond donors (Lipinski definition) is 0. The van der Waals surface area contributed by atoms with Crippen LogP contribution < -0.4 is 0 Å². The second-order valence-electron chi connectivity index (χ2n) is 8.24. The summed E-state index contributed by atoms with van der Waals surface area (Å²) in [6, 6.07) is 0. The molecule has 0 aliphatic rings. The maximum absolute atomic E-state index is 6.40. The van der Waals surface area contributed by atoms with Crippen molar-refractivity contribution in [2.45, 2.75) is 72.0 Å². The zero-order valence-electron chi connectivity index (χ0n) is 17.6. The van der Waals surface area contributed by atoms with Gasteiger partial charge in [0.1, 0.15) is 0 Å². The van der Waals surface area contributed by atoms with Crippen molar-refractivity contribution >= 4 is 52.6 Å². The smallest absolute Gasteiger partial charge is 0.314 e. The van der Waals surface area contributed by atoms with E-state index in [2.05, 4.69) is 58.9 Å². The van der Waals surface area contributed by atoms with Gasteiger partial charge in [-0.1, -0.05) is 0 Å². The van der Waals surface area contributed by atoms with Gasteiger partial charge in [0.25, 0.3) is 9.28 Å². The lowest BCUT2D eigenvalue weighted by atomic mass is 11.8. The molecule has 0 aliphatic carbocycles. The van der Waals surface area contributed by atoms with Crippen molar-refractivity contribution in [1.29, 1.82) is 0 Å². The fourth-order valence-electron chi connectivity index (χ4n) is 2.74. The van der Waals surface area contributed by atoms with Gasteiger partial charge in [0.05, 0.1) is 0 Å². The standard InChI is InChI=1S/C12H38O6Si6/c1-13-19(2)14-20(3)15-22(7,8)17-24(11,12)18-23(9,10)16-21(4,5)6/h19-20H,1-12H3. The van der Waals surface area contributed by atoms with Crippen LogP contribution in [0.2, 0.25) is 72.0 Å². The van der Waals surface area contributed by atoms with Crippen LogP contribution in [0.4, 0.5) is 0 Å². The predicted octanol–water partition coefficient (Wildman–Crippen LogP) is 3.36. The van der Waals surface area contributed by atoms with Crippen LogP contribution in [0.15, 0.2) is 0 Å². The molecule has 0 heterocycles. The third kappa shape index (κ3) is 12.4. The van der Waals surface area contributed by atoms with E-state index in [1.54, 1.807) is 7.11 Å². The summed E-state index contributed by atoms with van der Waals surface area (Å²) in [5.74, 6) is 0. The largest absolute Gasteiger partial charge is 0.437 e. The first-order valence-electron chi connectivity index (χ1n) is 8.43. The molecule has 146 valence electrons. The molecule has 0 saturated heterocycles. The van der Waals surface area contributed by atoms with E-state index in [0.29, 0.717) is 0 Å². The Morgan fingerprint density at radius 1 is 0.583 bits per heavy atom. The Morgan fingerprint density at radius 2 is 1.00 bits per heavy atom. The Hall–Kier alpha value is 1.06. The highest BCUT2D eigenvalue weighted by atomic mass is 28.5. The van der Waals surface area contributed by atoms with Gasteiger partial charge in [-0.05, 0) is 72.0 Å². The van der Waals surface area contributed by atoms with Crippen molar-refractivity contribution in [2.75, 3.05) is 7.11 Å². The fraction of sp³-hybridized carbons (Fsp3) is 1.00. The Kier molecular flexibility index (Phi) is 9.73. The molecule has 0 aromatic heterocycles. The first kappa shape index (κ1) is 25.1. The van der Waals surface area contributed by atoms with Crippen molar-refractivity contribution in [3.63, 3.8) is 0 Å². The molecule has 0 radical (unpaired) electrons. The van der Waals surface area contributed by atoms with Gasteiger partial charge in [-0.15, -0.1) is 0 Å². The minimum absolute atomic E-state index is 1.57. The highest BCUT2D eigenvalue weighted by molar-refractivity contribution is 6.89. The van der Waals surface area contributed by atoms with Crippen molar-refractivity contribution in [2.24, 2.45) is 0 Å². The molecular formula is C12H38O6Si6. The molecular weight excluding hydrogens is 409 g/mol. The Bertz CT molecular complexity index is 387. The first-order chi connectivity index (χ1) is 10.5. The highest BCUT2D eigenvalue weighted by Gasteiger charge is 2.43. The maximum atomic E-state index is 6.40. The van der Waals surface area contributed by atoms with E-state index in [0.717, 1.165) is 0 Å². The van der Waals surface area contributed by atoms with Gasteiger partial charge < -0.3 is 25.0 Å². The number of hydrogen-bond acceptors (Lipinski definition) is 6. The van der Waals surface area contributed by atoms with E-state index in [1.165, 1.54) is 0 Å². The molecule has 12 heteroatoms. The summed E-state index contributed by atoms with van der Waals surface area (Å²) >= 11 is 0. The molecule has 24 heavy (non-hydrogen) atoms. The van der Waals surface area contributed by atoms with Gasteiger partial charge in [-0.25, -0.2) is 0 Å². The van der Waals surface area contributed by atoms with E-state index in [-0.39, 0.29) is 0 Å². The zero-order valence-corrected chi connectivity index (χ0v) is 23.9. The van der Waals surface area contributed by atoms with Crippen LogP contribution in [0.25, 0.3) is 0 Å². The summed E-state index contributed by atoms with van der Waals surface area (Å²) in [7, 11) is -10.2. The Balaban J connectivity index is 4.75. The molecule has 0 amide bonds. The van der Waals surface area contributed by atoms with Crippen molar-refractivity contribution < 1.29 is 25.0 Å². The van der Waals surface area contributed by atoms with Crippen LogP contribution in [0, 0.1) is 0 Å². The second-order valence-corrected chi connectivity index (χ2v) is 28.1. The molecule has 0 bridgehead atoms. The normalized spacial score (nSPS) is 17.0. The summed E-state index contributed by atoms with van der Waals surface area (Å²) < 4.78 is 36.4. The lowest BCUT2D eigenvalue weighted by Crippen LogP contribution is -2.57. The van der Waals surface area contributed by atoms with Crippen LogP contribution in [-0.4, -0.2) is 59.7 Å². The Morgan fingerprint density at radius 3 is 1.42 bits per heavy atom. The molecule has 0 aliphatic heterocycles. The molecule has 2 unspecified atom stereocenters. The lowest BCUT2D eigenvalue weighted by molar-refractivity contribution is 0.277. The molecule has 0 spiro atoms. The molecule has 0 aromatic rings. The van der Waals surface area contributed by atoms with Gasteiger partial charge in [0.2, 0.25) is 0 Å². The summed E-state index contributed by atoms with van der Waals surface area (Å²) in [4.78, 5) is 0. The summed E-state index contributed by atoms with van der Waals surface area (Å²) in [5, 5.41) is 0. The SMILES string of the molecule is CO[SiH](C)O[SiH](C)O[Si](C)(C)O[Si](C)(C)O[Si](C)(C)O[Si](C)(C)C. The molecule has 0 rings (SSSR count). The fourth-order valence-corrected chi connectivity index (χ4v) is 26.3. The van der Waals surface area contributed by atoms with Crippen LogP contribution >= 0.6 is 0 Å². The predicted molar refractivity (Wildman–Crippen MR) is 114 cm³/mol. The van der Waals surface area contributed by atoms with Crippen LogP contribution in [0.1, 0.15) is 0 Å². The quantitative estimate of drug-likeness (QED) is 0.454. The third-order valence-electron chi connectivity index (χ3n) is 2.70. The van der Waals surface area contributed by atoms with Gasteiger partial charge in [-0.3, -0.25) is 0 Å². The summed E-state index contributed by atoms with van der Waals surface area (Å²) in [6.07, 6.45) is 0. The molecule has 0 aromatic carbocycles. The van der Waals surface area contributed by atoms with Gasteiger partial charge in [-0.2, -0.15) is 0 Å². The molecule has 6 nitrogen and oxygen atoms in total.